The monoisotopic (exact) mass is 242 g/mol. The van der Waals surface area contributed by atoms with Gasteiger partial charge in [-0.25, -0.2) is 8.78 Å². The van der Waals surface area contributed by atoms with E-state index in [1.807, 2.05) is 0 Å². The van der Waals surface area contributed by atoms with E-state index in [1.54, 1.807) is 0 Å². The third-order valence-corrected chi connectivity index (χ3v) is 2.81. The molecule has 0 aliphatic heterocycles. The molecule has 0 amide bonds. The van der Waals surface area contributed by atoms with Gasteiger partial charge < -0.3 is 0 Å². The molecule has 0 aliphatic rings. The van der Waals surface area contributed by atoms with Crippen molar-refractivity contribution in [2.24, 2.45) is 11.8 Å². The summed E-state index contributed by atoms with van der Waals surface area (Å²) in [5.74, 6) is 4.93. The highest BCUT2D eigenvalue weighted by atomic mass is 19.1. The van der Waals surface area contributed by atoms with E-state index in [0.29, 0.717) is 11.5 Å². The molecule has 0 aliphatic carbocycles. The van der Waals surface area contributed by atoms with Crippen LogP contribution in [0.4, 0.5) is 8.78 Å². The molecule has 0 fully saturated rings. The Morgan fingerprint density at radius 2 is 1.94 bits per heavy atom. The largest absolute Gasteiger partial charge is 0.271 e. The third kappa shape index (κ3) is 4.40. The zero-order valence-corrected chi connectivity index (χ0v) is 10.3. The third-order valence-electron chi connectivity index (χ3n) is 2.81. The molecule has 0 heterocycles. The molecule has 2 nitrogen and oxygen atoms in total. The van der Waals surface area contributed by atoms with Crippen LogP contribution >= 0.6 is 0 Å². The van der Waals surface area contributed by atoms with Gasteiger partial charge in [-0.05, 0) is 18.4 Å². The minimum Gasteiger partial charge on any atom is -0.271 e. The van der Waals surface area contributed by atoms with Crippen LogP contribution in [0.15, 0.2) is 18.2 Å². The van der Waals surface area contributed by atoms with Gasteiger partial charge in [-0.3, -0.25) is 11.3 Å². The van der Waals surface area contributed by atoms with Crippen molar-refractivity contribution in [3.05, 3.63) is 35.4 Å². The van der Waals surface area contributed by atoms with Crippen LogP contribution in [0.3, 0.4) is 0 Å². The number of nitrogens with two attached hydrogens (primary N) is 1. The number of rotatable bonds is 6. The summed E-state index contributed by atoms with van der Waals surface area (Å²) in [7, 11) is 0. The maximum absolute atomic E-state index is 13.5. The first-order valence-corrected chi connectivity index (χ1v) is 5.95. The Morgan fingerprint density at radius 3 is 2.47 bits per heavy atom. The van der Waals surface area contributed by atoms with Gasteiger partial charge in [-0.15, -0.1) is 0 Å². The van der Waals surface area contributed by atoms with Crippen LogP contribution in [0.2, 0.25) is 0 Å². The van der Waals surface area contributed by atoms with Gasteiger partial charge in [-0.2, -0.15) is 0 Å². The van der Waals surface area contributed by atoms with Gasteiger partial charge in [0.15, 0.2) is 0 Å². The Morgan fingerprint density at radius 1 is 1.24 bits per heavy atom. The molecule has 3 N–H and O–H groups in total. The van der Waals surface area contributed by atoms with Gasteiger partial charge in [0.1, 0.15) is 11.6 Å². The van der Waals surface area contributed by atoms with Gasteiger partial charge in [0.25, 0.3) is 0 Å². The van der Waals surface area contributed by atoms with Crippen LogP contribution in [0.25, 0.3) is 0 Å². The van der Waals surface area contributed by atoms with Crippen molar-refractivity contribution in [2.45, 2.75) is 39.2 Å². The van der Waals surface area contributed by atoms with Crippen LogP contribution in [0, 0.1) is 17.6 Å². The van der Waals surface area contributed by atoms with E-state index in [2.05, 4.69) is 19.3 Å². The van der Waals surface area contributed by atoms with Crippen molar-refractivity contribution in [3.8, 4) is 0 Å². The highest BCUT2D eigenvalue weighted by molar-refractivity contribution is 5.21. The van der Waals surface area contributed by atoms with E-state index < -0.39 is 11.6 Å². The number of hydrogen-bond donors (Lipinski definition) is 2. The minimum absolute atomic E-state index is 0.255. The number of benzene rings is 1. The molecule has 0 spiro atoms. The fourth-order valence-electron chi connectivity index (χ4n) is 1.84. The second kappa shape index (κ2) is 6.67. The van der Waals surface area contributed by atoms with Gasteiger partial charge in [0, 0.05) is 17.7 Å². The molecular weight excluding hydrogens is 222 g/mol. The summed E-state index contributed by atoms with van der Waals surface area (Å²) in [5.41, 5.74) is 3.02. The fraction of sp³-hybridized carbons (Fsp3) is 0.538. The summed E-state index contributed by atoms with van der Waals surface area (Å²) in [6.07, 6.45) is 2.78. The van der Waals surface area contributed by atoms with Crippen LogP contribution in [-0.4, -0.2) is 0 Å². The minimum atomic E-state index is -0.566. The molecular formula is C13H20F2N2. The van der Waals surface area contributed by atoms with Crippen molar-refractivity contribution in [2.75, 3.05) is 0 Å². The van der Waals surface area contributed by atoms with Crippen molar-refractivity contribution < 1.29 is 8.78 Å². The summed E-state index contributed by atoms with van der Waals surface area (Å²) in [5, 5.41) is 0. The summed E-state index contributed by atoms with van der Waals surface area (Å²) in [6, 6.07) is 3.34. The lowest BCUT2D eigenvalue weighted by Crippen LogP contribution is -2.28. The van der Waals surface area contributed by atoms with E-state index >= 15 is 0 Å². The van der Waals surface area contributed by atoms with Gasteiger partial charge in [0.05, 0.1) is 0 Å². The standard InChI is InChI=1S/C13H20F2N2/c1-9(2)4-3-5-13(17-16)11-7-6-10(14)8-12(11)15/h6-9,13,17H,3-5,16H2,1-2H3. The van der Waals surface area contributed by atoms with E-state index in [1.165, 1.54) is 12.1 Å². The lowest BCUT2D eigenvalue weighted by Gasteiger charge is -2.17. The first kappa shape index (κ1) is 14.1. The van der Waals surface area contributed by atoms with Crippen molar-refractivity contribution >= 4 is 0 Å². The fourth-order valence-corrected chi connectivity index (χ4v) is 1.84. The highest BCUT2D eigenvalue weighted by Crippen LogP contribution is 2.23. The molecule has 17 heavy (non-hydrogen) atoms. The SMILES string of the molecule is CC(C)CCCC(NN)c1ccc(F)cc1F. The van der Waals surface area contributed by atoms with Crippen molar-refractivity contribution in [1.29, 1.82) is 0 Å². The maximum atomic E-state index is 13.5. The molecule has 96 valence electrons. The molecule has 1 unspecified atom stereocenters. The van der Waals surface area contributed by atoms with Crippen LogP contribution in [-0.2, 0) is 0 Å². The quantitative estimate of drug-likeness (QED) is 0.593. The Hall–Kier alpha value is -1.00. The van der Waals surface area contributed by atoms with E-state index in [4.69, 9.17) is 5.84 Å². The van der Waals surface area contributed by atoms with Crippen molar-refractivity contribution in [3.63, 3.8) is 0 Å². The molecule has 0 aromatic heterocycles. The van der Waals surface area contributed by atoms with Crippen LogP contribution < -0.4 is 11.3 Å². The molecule has 1 aromatic carbocycles. The van der Waals surface area contributed by atoms with Crippen molar-refractivity contribution in [1.82, 2.24) is 5.43 Å². The van der Waals surface area contributed by atoms with E-state index in [-0.39, 0.29) is 6.04 Å². The zero-order valence-electron chi connectivity index (χ0n) is 10.3. The molecule has 1 rings (SSSR count). The second-order valence-corrected chi connectivity index (χ2v) is 4.71. The summed E-state index contributed by atoms with van der Waals surface area (Å²) >= 11 is 0. The molecule has 4 heteroatoms. The normalized spacial score (nSPS) is 13.1. The Bertz CT molecular complexity index is 353. The molecule has 0 saturated heterocycles. The van der Waals surface area contributed by atoms with Gasteiger partial charge in [-0.1, -0.05) is 32.8 Å². The molecule has 0 radical (unpaired) electrons. The number of halogens is 2. The van der Waals surface area contributed by atoms with Gasteiger partial charge >= 0.3 is 0 Å². The Kier molecular flexibility index (Phi) is 5.51. The molecule has 0 saturated carbocycles. The number of nitrogens with one attached hydrogen (secondary N) is 1. The maximum Gasteiger partial charge on any atom is 0.130 e. The lowest BCUT2D eigenvalue weighted by molar-refractivity contribution is 0.439. The smallest absolute Gasteiger partial charge is 0.130 e. The first-order valence-electron chi connectivity index (χ1n) is 5.95. The summed E-state index contributed by atoms with van der Waals surface area (Å²) in [4.78, 5) is 0. The Balaban J connectivity index is 2.66. The topological polar surface area (TPSA) is 38.0 Å². The average molecular weight is 242 g/mol. The average Bonchev–Trinajstić information content (AvgIpc) is 2.25. The highest BCUT2D eigenvalue weighted by Gasteiger charge is 2.14. The lowest BCUT2D eigenvalue weighted by atomic mass is 9.98. The summed E-state index contributed by atoms with van der Waals surface area (Å²) < 4.78 is 26.3. The second-order valence-electron chi connectivity index (χ2n) is 4.71. The molecule has 0 bridgehead atoms. The number of hydrogen-bond acceptors (Lipinski definition) is 2. The zero-order chi connectivity index (χ0) is 12.8. The predicted molar refractivity (Wildman–Crippen MR) is 65.1 cm³/mol. The van der Waals surface area contributed by atoms with Gasteiger partial charge in [0.2, 0.25) is 0 Å². The predicted octanol–water partition coefficient (Wildman–Crippen LogP) is 3.30. The Labute approximate surface area is 101 Å². The number of hydrazine groups is 1. The summed E-state index contributed by atoms with van der Waals surface area (Å²) in [6.45, 7) is 4.28. The van der Waals surface area contributed by atoms with E-state index in [9.17, 15) is 8.78 Å². The first-order chi connectivity index (χ1) is 8.04. The molecule has 1 aromatic rings. The van der Waals surface area contributed by atoms with Crippen LogP contribution in [0.5, 0.6) is 0 Å². The van der Waals surface area contributed by atoms with E-state index in [0.717, 1.165) is 25.3 Å². The van der Waals surface area contributed by atoms with Crippen LogP contribution in [0.1, 0.15) is 44.7 Å². The molecule has 1 atom stereocenters.